The summed E-state index contributed by atoms with van der Waals surface area (Å²) >= 11 is 5.66. The van der Waals surface area contributed by atoms with Crippen molar-refractivity contribution in [2.45, 2.75) is 18.9 Å². The molecule has 0 bridgehead atoms. The van der Waals surface area contributed by atoms with Gasteiger partial charge < -0.3 is 8.92 Å². The fourth-order valence-electron chi connectivity index (χ4n) is 1.25. The van der Waals surface area contributed by atoms with Gasteiger partial charge in [0.1, 0.15) is 0 Å². The SMILES string of the molecule is CC(=O)OCCc1ccc(OS(=O)(=O)C(F)(F)F)c(Cl)c1. The molecule has 0 aliphatic carbocycles. The molecule has 0 spiro atoms. The normalized spacial score (nSPS) is 12.0. The molecule has 0 radical (unpaired) electrons. The van der Waals surface area contributed by atoms with Gasteiger partial charge in [-0.1, -0.05) is 17.7 Å². The molecule has 1 rings (SSSR count). The highest BCUT2D eigenvalue weighted by molar-refractivity contribution is 7.88. The molecule has 0 saturated carbocycles. The van der Waals surface area contributed by atoms with Crippen molar-refractivity contribution in [1.29, 1.82) is 0 Å². The van der Waals surface area contributed by atoms with Crippen molar-refractivity contribution >= 4 is 27.7 Å². The second-order valence-corrected chi connectivity index (χ2v) is 5.78. The molecule has 0 unspecified atom stereocenters. The quantitative estimate of drug-likeness (QED) is 0.466. The largest absolute Gasteiger partial charge is 0.534 e. The van der Waals surface area contributed by atoms with Crippen LogP contribution in [0.3, 0.4) is 0 Å². The van der Waals surface area contributed by atoms with E-state index in [1.807, 2.05) is 0 Å². The van der Waals surface area contributed by atoms with Crippen LogP contribution < -0.4 is 4.18 Å². The first-order valence-electron chi connectivity index (χ1n) is 5.45. The van der Waals surface area contributed by atoms with Crippen LogP contribution >= 0.6 is 11.6 Å². The Labute approximate surface area is 123 Å². The van der Waals surface area contributed by atoms with Gasteiger partial charge in [-0.05, 0) is 17.7 Å². The highest BCUT2D eigenvalue weighted by Gasteiger charge is 2.48. The summed E-state index contributed by atoms with van der Waals surface area (Å²) in [6.07, 6.45) is 0.269. The minimum absolute atomic E-state index is 0.0622. The van der Waals surface area contributed by atoms with Crippen molar-refractivity contribution in [3.8, 4) is 5.75 Å². The van der Waals surface area contributed by atoms with Gasteiger partial charge in [0, 0.05) is 13.3 Å². The van der Waals surface area contributed by atoms with Gasteiger partial charge in [-0.15, -0.1) is 0 Å². The fourth-order valence-corrected chi connectivity index (χ4v) is 2.01. The first kappa shape index (κ1) is 17.6. The Bertz CT molecular complexity index is 627. The van der Waals surface area contributed by atoms with Crippen molar-refractivity contribution in [3.63, 3.8) is 0 Å². The number of carbonyl (C=O) groups is 1. The third-order valence-corrected chi connectivity index (χ3v) is 3.44. The molecule has 1 aromatic carbocycles. The maximum absolute atomic E-state index is 12.2. The summed E-state index contributed by atoms with van der Waals surface area (Å²) in [4.78, 5) is 10.6. The van der Waals surface area contributed by atoms with Crippen LogP contribution in [0.15, 0.2) is 18.2 Å². The number of rotatable bonds is 5. The van der Waals surface area contributed by atoms with E-state index in [2.05, 4.69) is 8.92 Å². The summed E-state index contributed by atoms with van der Waals surface area (Å²) in [7, 11) is -5.77. The fraction of sp³-hybridized carbons (Fsp3) is 0.364. The Morgan fingerprint density at radius 3 is 2.43 bits per heavy atom. The summed E-state index contributed by atoms with van der Waals surface area (Å²) in [5.74, 6) is -1.11. The lowest BCUT2D eigenvalue weighted by atomic mass is 10.1. The molecule has 10 heteroatoms. The van der Waals surface area contributed by atoms with Crippen molar-refractivity contribution in [1.82, 2.24) is 0 Å². The van der Waals surface area contributed by atoms with E-state index in [-0.39, 0.29) is 18.1 Å². The van der Waals surface area contributed by atoms with Crippen LogP contribution in [-0.2, 0) is 26.1 Å². The van der Waals surface area contributed by atoms with Crippen LogP contribution in [0.4, 0.5) is 13.2 Å². The zero-order valence-corrected chi connectivity index (χ0v) is 12.2. The van der Waals surface area contributed by atoms with Crippen LogP contribution in [0.25, 0.3) is 0 Å². The molecule has 0 amide bonds. The molecule has 0 N–H and O–H groups in total. The number of carbonyl (C=O) groups excluding carboxylic acids is 1. The lowest BCUT2D eigenvalue weighted by Crippen LogP contribution is -2.28. The van der Waals surface area contributed by atoms with Crippen molar-refractivity contribution in [2.24, 2.45) is 0 Å². The maximum Gasteiger partial charge on any atom is 0.534 e. The van der Waals surface area contributed by atoms with E-state index in [1.54, 1.807) is 0 Å². The van der Waals surface area contributed by atoms with Gasteiger partial charge in [0.15, 0.2) is 5.75 Å². The highest BCUT2D eigenvalue weighted by atomic mass is 35.5. The summed E-state index contributed by atoms with van der Waals surface area (Å²) in [5, 5.41) is -0.303. The number of alkyl halides is 3. The zero-order chi connectivity index (χ0) is 16.3. The molecule has 0 heterocycles. The number of esters is 1. The number of benzene rings is 1. The molecule has 5 nitrogen and oxygen atoms in total. The molecule has 0 aliphatic heterocycles. The lowest BCUT2D eigenvalue weighted by Gasteiger charge is -2.11. The first-order chi connectivity index (χ1) is 9.53. The van der Waals surface area contributed by atoms with Crippen molar-refractivity contribution < 1.29 is 35.3 Å². The van der Waals surface area contributed by atoms with Gasteiger partial charge in [-0.3, -0.25) is 4.79 Å². The Kier molecular flexibility index (Phi) is 5.46. The van der Waals surface area contributed by atoms with Crippen LogP contribution in [0.5, 0.6) is 5.75 Å². The average Bonchev–Trinajstić information content (AvgIpc) is 2.30. The molecule has 0 fully saturated rings. The van der Waals surface area contributed by atoms with Gasteiger partial charge >= 0.3 is 21.6 Å². The minimum atomic E-state index is -5.77. The van der Waals surface area contributed by atoms with Gasteiger partial charge in [-0.25, -0.2) is 0 Å². The predicted molar refractivity (Wildman–Crippen MR) is 67.4 cm³/mol. The van der Waals surface area contributed by atoms with E-state index >= 15 is 0 Å². The topological polar surface area (TPSA) is 69.7 Å². The highest BCUT2D eigenvalue weighted by Crippen LogP contribution is 2.31. The average molecular weight is 347 g/mol. The molecule has 118 valence electrons. The smallest absolute Gasteiger partial charge is 0.466 e. The standard InChI is InChI=1S/C11H10ClF3O5S/c1-7(16)19-5-4-8-2-3-10(9(12)6-8)20-21(17,18)11(13,14)15/h2-3,6H,4-5H2,1H3. The molecular weight excluding hydrogens is 337 g/mol. The molecule has 0 atom stereocenters. The summed E-state index contributed by atoms with van der Waals surface area (Å²) in [6.45, 7) is 1.29. The molecule has 0 aromatic heterocycles. The Hall–Kier alpha value is -1.48. The zero-order valence-electron chi connectivity index (χ0n) is 10.6. The van der Waals surface area contributed by atoms with E-state index in [1.165, 1.54) is 19.1 Å². The Balaban J connectivity index is 2.82. The third-order valence-electron chi connectivity index (χ3n) is 2.18. The number of hydrogen-bond acceptors (Lipinski definition) is 5. The van der Waals surface area contributed by atoms with E-state index in [0.717, 1.165) is 6.07 Å². The lowest BCUT2D eigenvalue weighted by molar-refractivity contribution is -0.140. The second-order valence-electron chi connectivity index (χ2n) is 3.84. The van der Waals surface area contributed by atoms with E-state index in [9.17, 15) is 26.4 Å². The van der Waals surface area contributed by atoms with E-state index < -0.39 is 27.3 Å². The minimum Gasteiger partial charge on any atom is -0.466 e. The number of ether oxygens (including phenoxy) is 1. The number of hydrogen-bond donors (Lipinski definition) is 0. The van der Waals surface area contributed by atoms with Crippen LogP contribution in [0, 0.1) is 0 Å². The molecule has 21 heavy (non-hydrogen) atoms. The summed E-state index contributed by atoms with van der Waals surface area (Å²) in [5.41, 5.74) is -5.00. The van der Waals surface area contributed by atoms with Crippen molar-refractivity contribution in [3.05, 3.63) is 28.8 Å². The van der Waals surface area contributed by atoms with Gasteiger partial charge in [0.25, 0.3) is 0 Å². The molecular formula is C11H10ClF3O5S. The van der Waals surface area contributed by atoms with Crippen molar-refractivity contribution in [2.75, 3.05) is 6.61 Å². The maximum atomic E-state index is 12.2. The monoisotopic (exact) mass is 346 g/mol. The molecule has 0 aliphatic rings. The molecule has 1 aromatic rings. The molecule has 0 saturated heterocycles. The predicted octanol–water partition coefficient (Wildman–Crippen LogP) is 2.67. The third kappa shape index (κ3) is 5.09. The number of halogens is 4. The van der Waals surface area contributed by atoms with Crippen LogP contribution in [0.2, 0.25) is 5.02 Å². The van der Waals surface area contributed by atoms with Crippen LogP contribution in [0.1, 0.15) is 12.5 Å². The summed E-state index contributed by atoms with van der Waals surface area (Å²) < 4.78 is 66.8. The van der Waals surface area contributed by atoms with Gasteiger partial charge in [-0.2, -0.15) is 21.6 Å². The summed E-state index contributed by atoms with van der Waals surface area (Å²) in [6, 6.07) is 3.54. The van der Waals surface area contributed by atoms with Gasteiger partial charge in [0.2, 0.25) is 0 Å². The van der Waals surface area contributed by atoms with Gasteiger partial charge in [0.05, 0.1) is 11.6 Å². The van der Waals surface area contributed by atoms with E-state index in [0.29, 0.717) is 5.56 Å². The Morgan fingerprint density at radius 1 is 1.33 bits per heavy atom. The second kappa shape index (κ2) is 6.52. The first-order valence-corrected chi connectivity index (χ1v) is 7.24. The van der Waals surface area contributed by atoms with Crippen LogP contribution in [-0.4, -0.2) is 26.5 Å². The Morgan fingerprint density at radius 2 is 1.95 bits per heavy atom. The van der Waals surface area contributed by atoms with E-state index in [4.69, 9.17) is 11.6 Å².